The number of aryl methyl sites for hydroxylation is 2. The monoisotopic (exact) mass is 433 g/mol. The van der Waals surface area contributed by atoms with E-state index in [0.717, 1.165) is 10.1 Å². The summed E-state index contributed by atoms with van der Waals surface area (Å²) in [5, 5.41) is 2.82. The zero-order chi connectivity index (χ0) is 22.7. The van der Waals surface area contributed by atoms with Gasteiger partial charge in [-0.05, 0) is 57.2 Å². The smallest absolute Gasteiger partial charge is 0.287 e. The van der Waals surface area contributed by atoms with Gasteiger partial charge in [0.25, 0.3) is 11.5 Å². The molecule has 0 saturated carbocycles. The number of rotatable bonds is 7. The second-order valence-electron chi connectivity index (χ2n) is 7.46. The Morgan fingerprint density at radius 3 is 2.47 bits per heavy atom. The fourth-order valence-electron chi connectivity index (χ4n) is 3.06. The summed E-state index contributed by atoms with van der Waals surface area (Å²) in [6, 6.07) is 17.5. The van der Waals surface area contributed by atoms with Crippen LogP contribution in [-0.4, -0.2) is 21.6 Å². The van der Waals surface area contributed by atoms with Gasteiger partial charge in [0.15, 0.2) is 11.8 Å². The van der Waals surface area contributed by atoms with Crippen LogP contribution in [0.15, 0.2) is 70.0 Å². The van der Waals surface area contributed by atoms with E-state index in [0.29, 0.717) is 34.3 Å². The average Bonchev–Trinajstić information content (AvgIpc) is 3.15. The van der Waals surface area contributed by atoms with Crippen LogP contribution in [0, 0.1) is 13.8 Å². The van der Waals surface area contributed by atoms with Crippen molar-refractivity contribution in [1.82, 2.24) is 9.56 Å². The number of carbonyl (C=O) groups excluding carboxylic acids is 1. The first-order valence-electron chi connectivity index (χ1n) is 10.1. The quantitative estimate of drug-likeness (QED) is 0.475. The van der Waals surface area contributed by atoms with Crippen molar-refractivity contribution in [3.05, 3.63) is 88.0 Å². The van der Waals surface area contributed by atoms with E-state index in [2.05, 4.69) is 10.3 Å². The molecule has 4 aromatic rings. The highest BCUT2D eigenvalue weighted by Crippen LogP contribution is 2.18. The molecular weight excluding hydrogens is 410 g/mol. The molecule has 0 aliphatic carbocycles. The first-order chi connectivity index (χ1) is 15.4. The van der Waals surface area contributed by atoms with E-state index in [1.165, 1.54) is 6.07 Å². The Bertz CT molecular complexity index is 1290. The van der Waals surface area contributed by atoms with Crippen LogP contribution in [0.25, 0.3) is 5.65 Å². The number of hydrogen-bond acceptors (Lipinski definition) is 6. The molecule has 1 atom stereocenters. The van der Waals surface area contributed by atoms with Gasteiger partial charge in [-0.3, -0.25) is 9.59 Å². The summed E-state index contributed by atoms with van der Waals surface area (Å²) in [4.78, 5) is 28.8. The Balaban J connectivity index is 1.33. The molecule has 0 fully saturated rings. The molecular formula is C24H23N3O5. The summed E-state index contributed by atoms with van der Waals surface area (Å²) < 4.78 is 17.8. The van der Waals surface area contributed by atoms with Gasteiger partial charge < -0.3 is 19.3 Å². The van der Waals surface area contributed by atoms with Gasteiger partial charge in [0.05, 0.1) is 5.69 Å². The molecule has 4 rings (SSSR count). The van der Waals surface area contributed by atoms with Crippen molar-refractivity contribution in [2.45, 2.75) is 33.5 Å². The van der Waals surface area contributed by atoms with Crippen LogP contribution in [-0.2, 0) is 11.4 Å². The number of anilines is 1. The van der Waals surface area contributed by atoms with Crippen LogP contribution in [0.2, 0.25) is 0 Å². The molecule has 2 aromatic heterocycles. The summed E-state index contributed by atoms with van der Waals surface area (Å²) in [5.41, 5.74) is 2.37. The zero-order valence-corrected chi connectivity index (χ0v) is 18.0. The summed E-state index contributed by atoms with van der Waals surface area (Å²) in [7, 11) is 0. The molecule has 1 amide bonds. The largest absolute Gasteiger partial charge is 0.487 e. The fraction of sp³-hybridized carbons (Fsp3) is 0.208. The highest BCUT2D eigenvalue weighted by Gasteiger charge is 2.15. The van der Waals surface area contributed by atoms with E-state index < -0.39 is 6.10 Å². The van der Waals surface area contributed by atoms with Gasteiger partial charge in [0.1, 0.15) is 23.9 Å². The number of ether oxygens (including phenoxy) is 2. The first-order valence-corrected chi connectivity index (χ1v) is 10.1. The highest BCUT2D eigenvalue weighted by atomic mass is 16.5. The number of aromatic nitrogens is 2. The van der Waals surface area contributed by atoms with E-state index in [1.54, 1.807) is 44.2 Å². The number of fused-ring (bicyclic) bond motifs is 1. The zero-order valence-electron chi connectivity index (χ0n) is 18.0. The van der Waals surface area contributed by atoms with Crippen LogP contribution in [0.1, 0.15) is 23.9 Å². The lowest BCUT2D eigenvalue weighted by Gasteiger charge is -2.15. The molecule has 2 aromatic carbocycles. The number of amides is 1. The van der Waals surface area contributed by atoms with E-state index in [-0.39, 0.29) is 18.1 Å². The predicted molar refractivity (Wildman–Crippen MR) is 119 cm³/mol. The molecule has 0 saturated heterocycles. The van der Waals surface area contributed by atoms with Crippen LogP contribution >= 0.6 is 0 Å². The van der Waals surface area contributed by atoms with Crippen molar-refractivity contribution in [3.63, 3.8) is 0 Å². The van der Waals surface area contributed by atoms with Crippen LogP contribution in [0.5, 0.6) is 11.5 Å². The van der Waals surface area contributed by atoms with E-state index >= 15 is 0 Å². The number of benzene rings is 2. The number of carbonyl (C=O) groups is 1. The molecule has 0 aliphatic heterocycles. The Morgan fingerprint density at radius 2 is 1.75 bits per heavy atom. The lowest BCUT2D eigenvalue weighted by molar-refractivity contribution is -0.122. The van der Waals surface area contributed by atoms with E-state index in [4.69, 9.17) is 14.0 Å². The third kappa shape index (κ3) is 4.97. The lowest BCUT2D eigenvalue weighted by atomic mass is 10.2. The Hall–Kier alpha value is -4.07. The van der Waals surface area contributed by atoms with E-state index in [1.807, 2.05) is 31.2 Å². The number of nitrogens with zero attached hydrogens (tertiary/aromatic N) is 2. The van der Waals surface area contributed by atoms with Crippen LogP contribution < -0.4 is 20.3 Å². The average molecular weight is 433 g/mol. The van der Waals surface area contributed by atoms with Crippen molar-refractivity contribution < 1.29 is 18.8 Å². The minimum absolute atomic E-state index is 0.128. The Morgan fingerprint density at radius 1 is 1.06 bits per heavy atom. The third-order valence-electron chi connectivity index (χ3n) is 4.74. The van der Waals surface area contributed by atoms with E-state index in [9.17, 15) is 9.59 Å². The minimum Gasteiger partial charge on any atom is -0.487 e. The molecule has 0 aliphatic rings. The molecule has 2 heterocycles. The molecule has 8 nitrogen and oxygen atoms in total. The van der Waals surface area contributed by atoms with Gasteiger partial charge in [-0.2, -0.15) is 0 Å². The Labute approximate surface area is 184 Å². The second kappa shape index (κ2) is 8.97. The van der Waals surface area contributed by atoms with Crippen molar-refractivity contribution in [2.24, 2.45) is 0 Å². The molecule has 0 unspecified atom stereocenters. The molecule has 8 heteroatoms. The van der Waals surface area contributed by atoms with Crippen LogP contribution in [0.3, 0.4) is 0 Å². The maximum atomic E-state index is 12.4. The first kappa shape index (κ1) is 21.2. The van der Waals surface area contributed by atoms with Crippen molar-refractivity contribution in [1.29, 1.82) is 0 Å². The topological polar surface area (TPSA) is 95.1 Å². The molecule has 1 N–H and O–H groups in total. The SMILES string of the molecule is Cc1ccc(O[C@@H](C)C(=O)Nc2ccc(OCc3cc(=O)n4oc(C)cc4n3)cc2)cc1. The predicted octanol–water partition coefficient (Wildman–Crippen LogP) is 3.89. The van der Waals surface area contributed by atoms with Crippen LogP contribution in [0.4, 0.5) is 5.69 Å². The molecule has 0 bridgehead atoms. The van der Waals surface area contributed by atoms with Crippen molar-refractivity contribution in [3.8, 4) is 11.5 Å². The van der Waals surface area contributed by atoms with Gasteiger partial charge in [0, 0.05) is 17.8 Å². The minimum atomic E-state index is -0.652. The maximum absolute atomic E-state index is 12.4. The van der Waals surface area contributed by atoms with Crippen molar-refractivity contribution >= 4 is 17.2 Å². The summed E-state index contributed by atoms with van der Waals surface area (Å²) in [6.07, 6.45) is -0.652. The number of nitrogens with one attached hydrogen (secondary N) is 1. The van der Waals surface area contributed by atoms with Gasteiger partial charge >= 0.3 is 0 Å². The fourth-order valence-corrected chi connectivity index (χ4v) is 3.06. The standard InChI is InChI=1S/C24H23N3O5/c1-15-4-8-21(9-5-15)31-17(3)24(29)26-18-6-10-20(11-7-18)30-14-19-13-23(28)27-22(25-19)12-16(2)32-27/h4-13,17H,14H2,1-3H3,(H,26,29)/t17-/m0/s1. The maximum Gasteiger partial charge on any atom is 0.287 e. The van der Waals surface area contributed by atoms with Gasteiger partial charge in [0.2, 0.25) is 0 Å². The Kier molecular flexibility index (Phi) is 5.93. The molecule has 164 valence electrons. The van der Waals surface area contributed by atoms with Gasteiger partial charge in [-0.25, -0.2) is 4.98 Å². The summed E-state index contributed by atoms with van der Waals surface area (Å²) in [5.74, 6) is 1.56. The van der Waals surface area contributed by atoms with Gasteiger partial charge in [-0.1, -0.05) is 17.7 Å². The second-order valence-corrected chi connectivity index (χ2v) is 7.46. The molecule has 32 heavy (non-hydrogen) atoms. The van der Waals surface area contributed by atoms with Crippen molar-refractivity contribution in [2.75, 3.05) is 5.32 Å². The summed E-state index contributed by atoms with van der Waals surface area (Å²) in [6.45, 7) is 5.56. The molecule has 0 radical (unpaired) electrons. The van der Waals surface area contributed by atoms with Gasteiger partial charge in [-0.15, -0.1) is 4.57 Å². The lowest BCUT2D eigenvalue weighted by Crippen LogP contribution is -2.30. The number of hydrogen-bond donors (Lipinski definition) is 1. The normalized spacial score (nSPS) is 11.8. The highest BCUT2D eigenvalue weighted by molar-refractivity contribution is 5.94. The summed E-state index contributed by atoms with van der Waals surface area (Å²) >= 11 is 0. The third-order valence-corrected chi connectivity index (χ3v) is 4.74. The molecule has 0 spiro atoms.